The van der Waals surface area contributed by atoms with Gasteiger partial charge in [0.25, 0.3) is 0 Å². The Kier molecular flexibility index (Phi) is 3.83. The molecule has 1 saturated heterocycles. The molecular formula is C17H20N4O2. The Hall–Kier alpha value is -2.21. The number of aromatic nitrogens is 2. The Balaban J connectivity index is 1.51. The van der Waals surface area contributed by atoms with Crippen LogP contribution < -0.4 is 5.32 Å². The van der Waals surface area contributed by atoms with Crippen LogP contribution in [-0.4, -0.2) is 39.9 Å². The molecule has 0 unspecified atom stereocenters. The molecule has 0 bridgehead atoms. The van der Waals surface area contributed by atoms with Gasteiger partial charge < -0.3 is 14.6 Å². The van der Waals surface area contributed by atoms with E-state index in [1.165, 1.54) is 0 Å². The molecule has 0 aliphatic carbocycles. The second-order valence-electron chi connectivity index (χ2n) is 6.14. The van der Waals surface area contributed by atoms with Gasteiger partial charge in [-0.15, -0.1) is 0 Å². The van der Waals surface area contributed by atoms with E-state index < -0.39 is 0 Å². The summed E-state index contributed by atoms with van der Waals surface area (Å²) in [7, 11) is 0. The first-order chi connectivity index (χ1) is 11.3. The summed E-state index contributed by atoms with van der Waals surface area (Å²) in [6.07, 6.45) is 7.41. The number of carbonyl (C=O) groups is 1. The molecule has 0 saturated carbocycles. The van der Waals surface area contributed by atoms with Gasteiger partial charge in [0.1, 0.15) is 11.5 Å². The zero-order chi connectivity index (χ0) is 15.6. The summed E-state index contributed by atoms with van der Waals surface area (Å²) in [5.41, 5.74) is 1.74. The Morgan fingerprint density at radius 2 is 2.35 bits per heavy atom. The quantitative estimate of drug-likeness (QED) is 0.915. The van der Waals surface area contributed by atoms with Crippen LogP contribution in [0.25, 0.3) is 11.5 Å². The van der Waals surface area contributed by atoms with E-state index >= 15 is 0 Å². The Labute approximate surface area is 134 Å². The lowest BCUT2D eigenvalue weighted by atomic mass is 10.0. The molecule has 2 aliphatic heterocycles. The van der Waals surface area contributed by atoms with Crippen molar-refractivity contribution < 1.29 is 9.21 Å². The largest absolute Gasteiger partial charge is 0.441 e. The lowest BCUT2D eigenvalue weighted by Gasteiger charge is -2.31. The van der Waals surface area contributed by atoms with Gasteiger partial charge in [-0.2, -0.15) is 0 Å². The lowest BCUT2D eigenvalue weighted by Crippen LogP contribution is -2.49. The smallest absolute Gasteiger partial charge is 0.240 e. The van der Waals surface area contributed by atoms with E-state index in [0.29, 0.717) is 19.0 Å². The second-order valence-corrected chi connectivity index (χ2v) is 6.14. The first kappa shape index (κ1) is 14.4. The van der Waals surface area contributed by atoms with E-state index in [-0.39, 0.29) is 11.9 Å². The average Bonchev–Trinajstić information content (AvgIpc) is 3.06. The van der Waals surface area contributed by atoms with Gasteiger partial charge in [-0.3, -0.25) is 9.78 Å². The van der Waals surface area contributed by atoms with Gasteiger partial charge >= 0.3 is 0 Å². The maximum absolute atomic E-state index is 12.6. The van der Waals surface area contributed by atoms with Gasteiger partial charge in [0.05, 0.1) is 18.2 Å². The molecule has 1 amide bonds. The summed E-state index contributed by atoms with van der Waals surface area (Å²) in [6, 6.07) is 3.76. The van der Waals surface area contributed by atoms with Crippen LogP contribution in [-0.2, 0) is 17.8 Å². The third-order valence-electron chi connectivity index (χ3n) is 4.56. The number of nitrogens with one attached hydrogen (secondary N) is 1. The van der Waals surface area contributed by atoms with Gasteiger partial charge in [0.2, 0.25) is 11.8 Å². The molecule has 0 spiro atoms. The zero-order valence-corrected chi connectivity index (χ0v) is 13.0. The van der Waals surface area contributed by atoms with E-state index in [4.69, 9.17) is 4.42 Å². The van der Waals surface area contributed by atoms with Crippen LogP contribution in [0.1, 0.15) is 30.7 Å². The zero-order valence-electron chi connectivity index (χ0n) is 13.0. The van der Waals surface area contributed by atoms with Crippen LogP contribution in [0, 0.1) is 0 Å². The lowest BCUT2D eigenvalue weighted by molar-refractivity contribution is -0.135. The van der Waals surface area contributed by atoms with Crippen molar-refractivity contribution in [3.63, 3.8) is 0 Å². The highest BCUT2D eigenvalue weighted by atomic mass is 16.4. The van der Waals surface area contributed by atoms with Crippen molar-refractivity contribution in [2.75, 3.05) is 13.1 Å². The highest BCUT2D eigenvalue weighted by Crippen LogP contribution is 2.26. The summed E-state index contributed by atoms with van der Waals surface area (Å²) in [5, 5.41) is 3.33. The predicted octanol–water partition coefficient (Wildman–Crippen LogP) is 1.76. The third-order valence-corrected chi connectivity index (χ3v) is 4.56. The fraction of sp³-hybridized carbons (Fsp3) is 0.471. The van der Waals surface area contributed by atoms with Gasteiger partial charge in [0, 0.05) is 25.4 Å². The highest BCUT2D eigenvalue weighted by Gasteiger charge is 2.30. The normalized spacial score (nSPS) is 21.0. The molecule has 4 heterocycles. The first-order valence-electron chi connectivity index (χ1n) is 8.22. The van der Waals surface area contributed by atoms with Crippen molar-refractivity contribution in [3.05, 3.63) is 36.0 Å². The Bertz CT molecular complexity index is 692. The molecule has 6 heteroatoms. The number of hydrogen-bond donors (Lipinski definition) is 1. The van der Waals surface area contributed by atoms with Crippen molar-refractivity contribution in [2.45, 2.75) is 38.3 Å². The van der Waals surface area contributed by atoms with Crippen molar-refractivity contribution in [1.82, 2.24) is 20.2 Å². The number of fused-ring (bicyclic) bond motifs is 1. The number of nitrogens with zero attached hydrogens (tertiary/aromatic N) is 3. The number of piperidine rings is 1. The van der Waals surface area contributed by atoms with Crippen molar-refractivity contribution in [2.24, 2.45) is 0 Å². The molecule has 4 rings (SSSR count). The number of oxazole rings is 1. The van der Waals surface area contributed by atoms with E-state index in [1.807, 2.05) is 17.0 Å². The molecule has 6 nitrogen and oxygen atoms in total. The molecule has 0 aromatic carbocycles. The molecule has 120 valence electrons. The standard InChI is InChI=1S/C17H20N4O2/c22-17(13-5-1-2-8-19-13)21-9-6-15-14(11-21)20-16(23-15)12-4-3-7-18-10-12/h3-4,7,10,13,19H,1-2,5-6,8-9,11H2/t13-/m1/s1. The van der Waals surface area contributed by atoms with Crippen LogP contribution in [0.2, 0.25) is 0 Å². The van der Waals surface area contributed by atoms with Crippen molar-refractivity contribution in [1.29, 1.82) is 0 Å². The summed E-state index contributed by atoms with van der Waals surface area (Å²) in [6.45, 7) is 2.17. The molecule has 1 atom stereocenters. The predicted molar refractivity (Wildman–Crippen MR) is 84.5 cm³/mol. The van der Waals surface area contributed by atoms with Crippen LogP contribution in [0.3, 0.4) is 0 Å². The van der Waals surface area contributed by atoms with Gasteiger partial charge in [-0.1, -0.05) is 6.42 Å². The minimum Gasteiger partial charge on any atom is -0.441 e. The maximum atomic E-state index is 12.6. The molecule has 23 heavy (non-hydrogen) atoms. The molecular weight excluding hydrogens is 292 g/mol. The van der Waals surface area contributed by atoms with E-state index in [2.05, 4.69) is 15.3 Å². The summed E-state index contributed by atoms with van der Waals surface area (Å²) >= 11 is 0. The van der Waals surface area contributed by atoms with Crippen LogP contribution in [0.4, 0.5) is 0 Å². The summed E-state index contributed by atoms with van der Waals surface area (Å²) < 4.78 is 5.86. The number of carbonyl (C=O) groups excluding carboxylic acids is 1. The van der Waals surface area contributed by atoms with Crippen LogP contribution in [0.5, 0.6) is 0 Å². The Morgan fingerprint density at radius 1 is 1.39 bits per heavy atom. The summed E-state index contributed by atoms with van der Waals surface area (Å²) in [5.74, 6) is 1.68. The van der Waals surface area contributed by atoms with Gasteiger partial charge in [-0.05, 0) is 31.5 Å². The number of pyridine rings is 1. The number of rotatable bonds is 2. The van der Waals surface area contributed by atoms with Crippen molar-refractivity contribution in [3.8, 4) is 11.5 Å². The molecule has 0 radical (unpaired) electrons. The van der Waals surface area contributed by atoms with Crippen LogP contribution >= 0.6 is 0 Å². The van der Waals surface area contributed by atoms with Crippen LogP contribution in [0.15, 0.2) is 28.9 Å². The minimum atomic E-state index is -0.0324. The number of amides is 1. The topological polar surface area (TPSA) is 71.3 Å². The second kappa shape index (κ2) is 6.12. The molecule has 2 aromatic rings. The molecule has 1 fully saturated rings. The third kappa shape index (κ3) is 2.86. The van der Waals surface area contributed by atoms with Gasteiger partial charge in [0.15, 0.2) is 0 Å². The fourth-order valence-corrected chi connectivity index (χ4v) is 3.28. The van der Waals surface area contributed by atoms with E-state index in [1.54, 1.807) is 12.4 Å². The number of hydrogen-bond acceptors (Lipinski definition) is 5. The van der Waals surface area contributed by atoms with E-state index in [9.17, 15) is 4.79 Å². The average molecular weight is 312 g/mol. The molecule has 2 aliphatic rings. The van der Waals surface area contributed by atoms with Crippen molar-refractivity contribution >= 4 is 5.91 Å². The highest BCUT2D eigenvalue weighted by molar-refractivity contribution is 5.82. The maximum Gasteiger partial charge on any atom is 0.240 e. The minimum absolute atomic E-state index is 0.0324. The Morgan fingerprint density at radius 3 is 3.13 bits per heavy atom. The molecule has 2 aromatic heterocycles. The fourth-order valence-electron chi connectivity index (χ4n) is 3.28. The molecule has 1 N–H and O–H groups in total. The first-order valence-corrected chi connectivity index (χ1v) is 8.22. The SMILES string of the molecule is O=C([C@H]1CCCCN1)N1CCc2oc(-c3cccnc3)nc2C1. The summed E-state index contributed by atoms with van der Waals surface area (Å²) in [4.78, 5) is 23.2. The monoisotopic (exact) mass is 312 g/mol. The van der Waals surface area contributed by atoms with Gasteiger partial charge in [-0.25, -0.2) is 4.98 Å². The van der Waals surface area contributed by atoms with E-state index in [0.717, 1.165) is 49.2 Å².